The van der Waals surface area contributed by atoms with Crippen molar-refractivity contribution >= 4 is 17.5 Å². The minimum absolute atomic E-state index is 0.126. The molecule has 0 aliphatic heterocycles. The van der Waals surface area contributed by atoms with Crippen molar-refractivity contribution in [3.05, 3.63) is 64.4 Å². The summed E-state index contributed by atoms with van der Waals surface area (Å²) in [5.41, 5.74) is 2.06. The molecule has 0 radical (unpaired) electrons. The number of amides is 1. The van der Waals surface area contributed by atoms with Crippen LogP contribution in [-0.4, -0.2) is 22.8 Å². The van der Waals surface area contributed by atoms with Crippen LogP contribution in [0.15, 0.2) is 42.6 Å². The molecule has 0 fully saturated rings. The summed E-state index contributed by atoms with van der Waals surface area (Å²) < 4.78 is 0. The van der Waals surface area contributed by atoms with Crippen LogP contribution in [0.4, 0.5) is 0 Å². The molecule has 0 aliphatic carbocycles. The van der Waals surface area contributed by atoms with E-state index >= 15 is 0 Å². The number of benzene rings is 1. The zero-order valence-corrected chi connectivity index (χ0v) is 11.6. The molecule has 1 amide bonds. The number of rotatable bonds is 3. The first-order valence-electron chi connectivity index (χ1n) is 5.96. The van der Waals surface area contributed by atoms with Crippen molar-refractivity contribution in [3.8, 4) is 6.07 Å². The summed E-state index contributed by atoms with van der Waals surface area (Å²) >= 11 is 5.77. The maximum atomic E-state index is 12.2. The van der Waals surface area contributed by atoms with E-state index in [9.17, 15) is 4.79 Å². The van der Waals surface area contributed by atoms with Gasteiger partial charge in [0.05, 0.1) is 11.6 Å². The molecule has 0 aliphatic rings. The highest BCUT2D eigenvalue weighted by molar-refractivity contribution is 6.29. The number of nitriles is 1. The molecule has 4 nitrogen and oxygen atoms in total. The van der Waals surface area contributed by atoms with Gasteiger partial charge in [0, 0.05) is 25.4 Å². The summed E-state index contributed by atoms with van der Waals surface area (Å²) in [7, 11) is 1.72. The third-order valence-electron chi connectivity index (χ3n) is 2.82. The van der Waals surface area contributed by atoms with Gasteiger partial charge in [0.1, 0.15) is 5.15 Å². The van der Waals surface area contributed by atoms with E-state index in [1.54, 1.807) is 36.2 Å². The standard InChI is InChI=1S/C15H12ClN3O/c1-19(10-12-4-2-11(9-17)3-5-12)15(20)13-6-7-18-14(16)8-13/h2-8H,10H2,1H3. The first kappa shape index (κ1) is 14.0. The van der Waals surface area contributed by atoms with Crippen LogP contribution < -0.4 is 0 Å². The minimum atomic E-state index is -0.126. The van der Waals surface area contributed by atoms with Crippen LogP contribution in [0.1, 0.15) is 21.5 Å². The summed E-state index contributed by atoms with van der Waals surface area (Å²) in [6.07, 6.45) is 1.51. The molecule has 100 valence electrons. The lowest BCUT2D eigenvalue weighted by Crippen LogP contribution is -2.26. The quantitative estimate of drug-likeness (QED) is 0.815. The summed E-state index contributed by atoms with van der Waals surface area (Å²) in [6, 6.07) is 12.4. The van der Waals surface area contributed by atoms with Gasteiger partial charge in [-0.15, -0.1) is 0 Å². The molecule has 0 atom stereocenters. The van der Waals surface area contributed by atoms with E-state index in [-0.39, 0.29) is 5.91 Å². The molecule has 2 aromatic rings. The topological polar surface area (TPSA) is 57.0 Å². The van der Waals surface area contributed by atoms with E-state index in [4.69, 9.17) is 16.9 Å². The highest BCUT2D eigenvalue weighted by Crippen LogP contribution is 2.12. The Morgan fingerprint density at radius 1 is 1.35 bits per heavy atom. The zero-order valence-electron chi connectivity index (χ0n) is 10.9. The van der Waals surface area contributed by atoms with Crippen LogP contribution in [0.2, 0.25) is 5.15 Å². The van der Waals surface area contributed by atoms with Gasteiger partial charge in [-0.05, 0) is 29.8 Å². The molecule has 0 spiro atoms. The summed E-state index contributed by atoms with van der Waals surface area (Å²) in [5, 5.41) is 9.03. The number of halogens is 1. The van der Waals surface area contributed by atoms with E-state index in [0.29, 0.717) is 22.8 Å². The monoisotopic (exact) mass is 285 g/mol. The molecular weight excluding hydrogens is 274 g/mol. The van der Waals surface area contributed by atoms with Crippen molar-refractivity contribution in [3.63, 3.8) is 0 Å². The number of hydrogen-bond donors (Lipinski definition) is 0. The average molecular weight is 286 g/mol. The number of aromatic nitrogens is 1. The number of hydrogen-bond acceptors (Lipinski definition) is 3. The van der Waals surface area contributed by atoms with Crippen molar-refractivity contribution in [2.45, 2.75) is 6.54 Å². The van der Waals surface area contributed by atoms with Crippen molar-refractivity contribution in [2.24, 2.45) is 0 Å². The van der Waals surface area contributed by atoms with Gasteiger partial charge in [-0.3, -0.25) is 4.79 Å². The molecule has 0 bridgehead atoms. The second kappa shape index (κ2) is 6.18. The highest BCUT2D eigenvalue weighted by atomic mass is 35.5. The molecule has 0 N–H and O–H groups in total. The molecule has 0 saturated heterocycles. The maximum Gasteiger partial charge on any atom is 0.254 e. The summed E-state index contributed by atoms with van der Waals surface area (Å²) in [4.78, 5) is 17.7. The Morgan fingerprint density at radius 2 is 2.05 bits per heavy atom. The van der Waals surface area contributed by atoms with Gasteiger partial charge >= 0.3 is 0 Å². The Morgan fingerprint density at radius 3 is 2.65 bits per heavy atom. The van der Waals surface area contributed by atoms with E-state index in [1.807, 2.05) is 12.1 Å². The first-order chi connectivity index (χ1) is 9.60. The molecule has 2 rings (SSSR count). The van der Waals surface area contributed by atoms with Crippen LogP contribution in [0.3, 0.4) is 0 Å². The van der Waals surface area contributed by atoms with Gasteiger partial charge in [0.25, 0.3) is 5.91 Å². The van der Waals surface area contributed by atoms with E-state index in [1.165, 1.54) is 6.20 Å². The molecule has 1 aromatic heterocycles. The van der Waals surface area contributed by atoms with E-state index in [0.717, 1.165) is 5.56 Å². The number of nitrogens with zero attached hydrogens (tertiary/aromatic N) is 3. The predicted molar refractivity (Wildman–Crippen MR) is 76.2 cm³/mol. The predicted octanol–water partition coefficient (Wildman–Crippen LogP) is 2.88. The maximum absolute atomic E-state index is 12.2. The van der Waals surface area contributed by atoms with Crippen LogP contribution in [0.25, 0.3) is 0 Å². The second-order valence-corrected chi connectivity index (χ2v) is 4.72. The molecule has 5 heteroatoms. The largest absolute Gasteiger partial charge is 0.337 e. The van der Waals surface area contributed by atoms with Gasteiger partial charge in [-0.2, -0.15) is 5.26 Å². The smallest absolute Gasteiger partial charge is 0.254 e. The van der Waals surface area contributed by atoms with Gasteiger partial charge in [-0.1, -0.05) is 23.7 Å². The fraction of sp³-hybridized carbons (Fsp3) is 0.133. The Hall–Kier alpha value is -2.38. The van der Waals surface area contributed by atoms with Crippen molar-refractivity contribution in [1.29, 1.82) is 5.26 Å². The number of carbonyl (C=O) groups excluding carboxylic acids is 1. The number of pyridine rings is 1. The van der Waals surface area contributed by atoms with E-state index in [2.05, 4.69) is 11.1 Å². The van der Waals surface area contributed by atoms with Crippen molar-refractivity contribution in [2.75, 3.05) is 7.05 Å². The van der Waals surface area contributed by atoms with Gasteiger partial charge in [0.2, 0.25) is 0 Å². The fourth-order valence-electron chi connectivity index (χ4n) is 1.79. The van der Waals surface area contributed by atoms with Crippen LogP contribution in [0, 0.1) is 11.3 Å². The number of carbonyl (C=O) groups is 1. The molecule has 1 aromatic carbocycles. The van der Waals surface area contributed by atoms with Gasteiger partial charge in [-0.25, -0.2) is 4.98 Å². The normalized spacial score (nSPS) is 9.85. The Labute approximate surface area is 122 Å². The van der Waals surface area contributed by atoms with Gasteiger partial charge in [0.15, 0.2) is 0 Å². The third kappa shape index (κ3) is 3.34. The second-order valence-electron chi connectivity index (χ2n) is 4.34. The molecule has 0 saturated carbocycles. The lowest BCUT2D eigenvalue weighted by Gasteiger charge is -2.17. The zero-order chi connectivity index (χ0) is 14.5. The lowest BCUT2D eigenvalue weighted by atomic mass is 10.1. The Kier molecular flexibility index (Phi) is 4.34. The van der Waals surface area contributed by atoms with Crippen LogP contribution in [0.5, 0.6) is 0 Å². The Balaban J connectivity index is 2.09. The lowest BCUT2D eigenvalue weighted by molar-refractivity contribution is 0.0785. The van der Waals surface area contributed by atoms with E-state index < -0.39 is 0 Å². The van der Waals surface area contributed by atoms with Crippen LogP contribution >= 0.6 is 11.6 Å². The average Bonchev–Trinajstić information content (AvgIpc) is 2.47. The van der Waals surface area contributed by atoms with Crippen molar-refractivity contribution < 1.29 is 4.79 Å². The summed E-state index contributed by atoms with van der Waals surface area (Å²) in [5.74, 6) is -0.126. The molecular formula is C15H12ClN3O. The highest BCUT2D eigenvalue weighted by Gasteiger charge is 2.12. The molecule has 1 heterocycles. The SMILES string of the molecule is CN(Cc1ccc(C#N)cc1)C(=O)c1ccnc(Cl)c1. The summed E-state index contributed by atoms with van der Waals surface area (Å²) in [6.45, 7) is 0.463. The van der Waals surface area contributed by atoms with Crippen molar-refractivity contribution in [1.82, 2.24) is 9.88 Å². The molecule has 0 unspecified atom stereocenters. The fourth-order valence-corrected chi connectivity index (χ4v) is 1.96. The first-order valence-corrected chi connectivity index (χ1v) is 6.34. The third-order valence-corrected chi connectivity index (χ3v) is 3.03. The van der Waals surface area contributed by atoms with Crippen LogP contribution in [-0.2, 0) is 6.54 Å². The Bertz CT molecular complexity index is 662. The molecule has 20 heavy (non-hydrogen) atoms. The van der Waals surface area contributed by atoms with Gasteiger partial charge < -0.3 is 4.90 Å². The minimum Gasteiger partial charge on any atom is -0.337 e.